The number of hydrogen-bond donors (Lipinski definition) is 2. The van der Waals surface area contributed by atoms with Crippen LogP contribution in [0.3, 0.4) is 0 Å². The first-order valence-electron chi connectivity index (χ1n) is 7.82. The third-order valence-electron chi connectivity index (χ3n) is 4.24. The number of aryl methyl sites for hydroxylation is 1. The zero-order valence-electron chi connectivity index (χ0n) is 13.3. The summed E-state index contributed by atoms with van der Waals surface area (Å²) in [5.41, 5.74) is -0.179. The van der Waals surface area contributed by atoms with Crippen LogP contribution in [0.25, 0.3) is 0 Å². The molecule has 0 saturated carbocycles. The predicted octanol–water partition coefficient (Wildman–Crippen LogP) is -0.870. The fourth-order valence-electron chi connectivity index (χ4n) is 2.92. The Morgan fingerprint density at radius 2 is 2.00 bits per heavy atom. The Morgan fingerprint density at radius 1 is 1.29 bits per heavy atom. The van der Waals surface area contributed by atoms with Crippen molar-refractivity contribution in [2.75, 3.05) is 6.61 Å². The fraction of sp³-hybridized carbons (Fsp3) is 0.375. The van der Waals surface area contributed by atoms with Gasteiger partial charge in [-0.25, -0.2) is 0 Å². The van der Waals surface area contributed by atoms with E-state index >= 15 is 0 Å². The molecule has 0 radical (unpaired) electrons. The van der Waals surface area contributed by atoms with Gasteiger partial charge in [0.1, 0.15) is 0 Å². The average molecular weight is 519 g/mol. The quantitative estimate of drug-likeness (QED) is 0.513. The molecule has 1 fully saturated rings. The van der Waals surface area contributed by atoms with E-state index in [0.717, 1.165) is 3.07 Å². The molecule has 3 rings (SSSR count). The van der Waals surface area contributed by atoms with Gasteiger partial charge in [0.15, 0.2) is 0 Å². The molecule has 2 N–H and O–H groups in total. The summed E-state index contributed by atoms with van der Waals surface area (Å²) < 4.78 is 9.38. The Balaban J connectivity index is 2.01. The van der Waals surface area contributed by atoms with Crippen LogP contribution in [0.5, 0.6) is 0 Å². The molecule has 2 aromatic rings. The number of rotatable bonds is 4. The van der Waals surface area contributed by atoms with E-state index in [1.165, 1.54) is 13.1 Å². The third kappa shape index (κ3) is 3.39. The molecule has 124 valence electrons. The van der Waals surface area contributed by atoms with E-state index in [1.54, 1.807) is 6.92 Å². The zero-order chi connectivity index (χ0) is 17.3. The van der Waals surface area contributed by atoms with Crippen LogP contribution < -0.4 is 14.3 Å². The second-order valence-electron chi connectivity index (χ2n) is 5.99. The van der Waals surface area contributed by atoms with Crippen LogP contribution in [0.15, 0.2) is 46.1 Å². The van der Waals surface area contributed by atoms with E-state index in [1.807, 2.05) is 30.3 Å². The van der Waals surface area contributed by atoms with Crippen molar-refractivity contribution in [3.63, 3.8) is 0 Å². The molecule has 8 heteroatoms. The standard InChI is InChI=1S/C10H14N2O5.C6H5.Hg/c1-5-3-12(10(16)11-9(5)15)8-2-6(14)7(4-13)17-8;1-2-4-6-5-3-1;/h3,6-8,13-14H,2,4H2,1H3,(H,11,15,16);1-5H;/q;;+1/p-1/t6-,7+,8+;;/m0../s1. The minimum atomic E-state index is -2.16. The van der Waals surface area contributed by atoms with Crippen molar-refractivity contribution >= 4 is 3.07 Å². The number of nitrogens with zero attached hydrogens (tertiary/aromatic N) is 2. The predicted molar refractivity (Wildman–Crippen MR) is 82.8 cm³/mol. The molecule has 0 unspecified atom stereocenters. The summed E-state index contributed by atoms with van der Waals surface area (Å²) in [4.78, 5) is 25.2. The molecular formula is C16H18HgN2O5. The van der Waals surface area contributed by atoms with Crippen molar-refractivity contribution in [1.29, 1.82) is 0 Å². The Hall–Kier alpha value is -1.28. The van der Waals surface area contributed by atoms with Gasteiger partial charge >= 0.3 is 151 Å². The molecule has 0 aliphatic carbocycles. The van der Waals surface area contributed by atoms with Gasteiger partial charge in [-0.3, -0.25) is 0 Å². The van der Waals surface area contributed by atoms with E-state index in [-0.39, 0.29) is 18.6 Å². The Labute approximate surface area is 151 Å². The van der Waals surface area contributed by atoms with Crippen molar-refractivity contribution in [3.8, 4) is 0 Å². The van der Waals surface area contributed by atoms with E-state index in [4.69, 9.17) is 4.74 Å². The first kappa shape index (κ1) is 17.5. The number of aliphatic hydroxyl groups excluding tert-OH is 2. The molecule has 2 heterocycles. The normalized spacial score (nSPS) is 23.2. The van der Waals surface area contributed by atoms with Gasteiger partial charge in [-0.05, 0) is 0 Å². The molecule has 0 spiro atoms. The van der Waals surface area contributed by atoms with E-state index in [9.17, 15) is 19.8 Å². The first-order valence-corrected chi connectivity index (χ1v) is 13.0. The van der Waals surface area contributed by atoms with Crippen molar-refractivity contribution < 1.29 is 39.8 Å². The van der Waals surface area contributed by atoms with Gasteiger partial charge in [0.25, 0.3) is 0 Å². The van der Waals surface area contributed by atoms with Crippen LogP contribution in [0.1, 0.15) is 18.2 Å². The summed E-state index contributed by atoms with van der Waals surface area (Å²) in [7, 11) is 0. The number of aromatic nitrogens is 2. The molecule has 1 aromatic heterocycles. The number of benzene rings is 1. The zero-order valence-corrected chi connectivity index (χ0v) is 18.8. The van der Waals surface area contributed by atoms with Gasteiger partial charge in [-0.1, -0.05) is 0 Å². The average Bonchev–Trinajstić information content (AvgIpc) is 2.96. The van der Waals surface area contributed by atoms with Gasteiger partial charge in [-0.2, -0.15) is 0 Å². The van der Waals surface area contributed by atoms with Crippen molar-refractivity contribution in [1.82, 2.24) is 6.90 Å². The van der Waals surface area contributed by atoms with Crippen LogP contribution in [0, 0.1) is 6.92 Å². The molecule has 3 atom stereocenters. The monoisotopic (exact) mass is 520 g/mol. The van der Waals surface area contributed by atoms with Gasteiger partial charge < -0.3 is 0 Å². The van der Waals surface area contributed by atoms with Crippen LogP contribution >= 0.6 is 0 Å². The number of aliphatic hydroxyl groups is 2. The molecule has 7 nitrogen and oxygen atoms in total. The summed E-state index contributed by atoms with van der Waals surface area (Å²) in [6.07, 6.45) is -0.505. The molecule has 24 heavy (non-hydrogen) atoms. The van der Waals surface area contributed by atoms with Gasteiger partial charge in [0.05, 0.1) is 0 Å². The second-order valence-corrected chi connectivity index (χ2v) is 12.9. The van der Waals surface area contributed by atoms with Crippen LogP contribution in [0.4, 0.5) is 0 Å². The summed E-state index contributed by atoms with van der Waals surface area (Å²) >= 11 is -2.16. The molecule has 0 bridgehead atoms. The molecule has 0 amide bonds. The minimum absolute atomic E-state index is 0.213. The van der Waals surface area contributed by atoms with Crippen LogP contribution in [-0.4, -0.2) is 35.9 Å². The maximum absolute atomic E-state index is 12.8. The molecule has 1 aromatic carbocycles. The van der Waals surface area contributed by atoms with Gasteiger partial charge in [-0.15, -0.1) is 0 Å². The van der Waals surface area contributed by atoms with Crippen molar-refractivity contribution in [2.45, 2.75) is 31.8 Å². The van der Waals surface area contributed by atoms with Crippen molar-refractivity contribution in [2.24, 2.45) is 0 Å². The summed E-state index contributed by atoms with van der Waals surface area (Å²) in [6, 6.07) is 9.58. The Bertz CT molecular complexity index is 833. The first-order chi connectivity index (χ1) is 11.5. The van der Waals surface area contributed by atoms with E-state index < -0.39 is 49.0 Å². The third-order valence-corrected chi connectivity index (χ3v) is 10.9. The van der Waals surface area contributed by atoms with Crippen molar-refractivity contribution in [3.05, 3.63) is 62.9 Å². The molecule has 1 aliphatic rings. The van der Waals surface area contributed by atoms with E-state index in [0.29, 0.717) is 5.56 Å². The Kier molecular flexibility index (Phi) is 5.34. The maximum atomic E-state index is 12.8. The van der Waals surface area contributed by atoms with Gasteiger partial charge in [0.2, 0.25) is 0 Å². The summed E-state index contributed by atoms with van der Waals surface area (Å²) in [5.74, 6) is 0. The second kappa shape index (κ2) is 7.31. The molecular weight excluding hydrogens is 501 g/mol. The topological polar surface area (TPSA) is 93.7 Å². The summed E-state index contributed by atoms with van der Waals surface area (Å²) in [6.45, 7) is 1.36. The van der Waals surface area contributed by atoms with Gasteiger partial charge in [0, 0.05) is 0 Å². The molecule has 1 aliphatic heterocycles. The number of ether oxygens (including phenoxy) is 1. The van der Waals surface area contributed by atoms with Crippen LogP contribution in [0.2, 0.25) is 0 Å². The van der Waals surface area contributed by atoms with E-state index in [2.05, 4.69) is 0 Å². The Morgan fingerprint density at radius 3 is 2.62 bits per heavy atom. The SMILES string of the molecule is Cc1cn([C@H]2C[C@H](O)[C@@H](CO)O2)c(=O)[n]([Hg][c]2ccccc2)c1=O. The summed E-state index contributed by atoms with van der Waals surface area (Å²) in [5, 5.41) is 19.1. The van der Waals surface area contributed by atoms with Crippen LogP contribution in [-0.2, 0) is 29.6 Å². The fourth-order valence-corrected chi connectivity index (χ4v) is 8.91. The number of hydrogen-bond acceptors (Lipinski definition) is 5. The molecule has 1 saturated heterocycles.